The minimum Gasteiger partial charge on any atom is -0.479 e. The van der Waals surface area contributed by atoms with Gasteiger partial charge in [0.2, 0.25) is 0 Å². The monoisotopic (exact) mass is 145 g/mol. The van der Waals surface area contributed by atoms with Crippen LogP contribution in [0.4, 0.5) is 0 Å². The predicted octanol–water partition coefficient (Wildman–Crippen LogP) is -0.552. The van der Waals surface area contributed by atoms with E-state index in [9.17, 15) is 4.79 Å². The molecule has 1 rings (SSSR count). The van der Waals surface area contributed by atoms with Crippen molar-refractivity contribution in [1.82, 2.24) is 5.32 Å². The van der Waals surface area contributed by atoms with Gasteiger partial charge in [-0.25, -0.2) is 4.79 Å². The van der Waals surface area contributed by atoms with Crippen LogP contribution < -0.4 is 5.32 Å². The summed E-state index contributed by atoms with van der Waals surface area (Å²) in [6, 6.07) is 0.274. The average molecular weight is 145 g/mol. The van der Waals surface area contributed by atoms with Crippen LogP contribution in [0.1, 0.15) is 6.92 Å². The summed E-state index contributed by atoms with van der Waals surface area (Å²) in [4.78, 5) is 10.3. The van der Waals surface area contributed by atoms with E-state index in [2.05, 4.69) is 5.32 Å². The second kappa shape index (κ2) is 2.98. The molecule has 4 heteroatoms. The molecular formula is C6H11NO3. The molecule has 10 heavy (non-hydrogen) atoms. The van der Waals surface area contributed by atoms with Crippen LogP contribution in [0.2, 0.25) is 0 Å². The molecule has 0 aromatic rings. The summed E-state index contributed by atoms with van der Waals surface area (Å²) in [5.41, 5.74) is 0. The van der Waals surface area contributed by atoms with Crippen molar-refractivity contribution in [2.24, 2.45) is 0 Å². The normalized spacial score (nSPS) is 33.7. The molecule has 2 unspecified atom stereocenters. The fourth-order valence-corrected chi connectivity index (χ4v) is 0.845. The van der Waals surface area contributed by atoms with E-state index < -0.39 is 12.1 Å². The van der Waals surface area contributed by atoms with Gasteiger partial charge in [-0.2, -0.15) is 0 Å². The molecule has 0 saturated carbocycles. The number of morpholine rings is 1. The molecule has 0 amide bonds. The predicted molar refractivity (Wildman–Crippen MR) is 34.8 cm³/mol. The van der Waals surface area contributed by atoms with Crippen LogP contribution in [0.25, 0.3) is 0 Å². The molecule has 4 nitrogen and oxygen atoms in total. The molecule has 1 saturated heterocycles. The van der Waals surface area contributed by atoms with Gasteiger partial charge >= 0.3 is 5.97 Å². The Bertz CT molecular complexity index is 129. The second-order valence-corrected chi connectivity index (χ2v) is 2.47. The van der Waals surface area contributed by atoms with Crippen LogP contribution in [0.5, 0.6) is 0 Å². The van der Waals surface area contributed by atoms with Crippen molar-refractivity contribution in [3.05, 3.63) is 0 Å². The maximum atomic E-state index is 10.3. The average Bonchev–Trinajstić information content (AvgIpc) is 1.88. The van der Waals surface area contributed by atoms with Gasteiger partial charge in [-0.05, 0) is 6.92 Å². The van der Waals surface area contributed by atoms with Crippen molar-refractivity contribution < 1.29 is 14.6 Å². The third kappa shape index (κ3) is 1.68. The first-order chi connectivity index (χ1) is 4.70. The standard InChI is InChI=1S/C6H11NO3/c1-4-3-10-5(2-7-4)6(8)9/h4-5,7H,2-3H2,1H3,(H,8,9). The number of rotatable bonds is 1. The lowest BCUT2D eigenvalue weighted by Crippen LogP contribution is -2.47. The molecule has 0 bridgehead atoms. The molecular weight excluding hydrogens is 134 g/mol. The number of hydrogen-bond donors (Lipinski definition) is 2. The number of ether oxygens (including phenoxy) is 1. The van der Waals surface area contributed by atoms with Crippen molar-refractivity contribution in [2.75, 3.05) is 13.2 Å². The number of carboxylic acids is 1. The van der Waals surface area contributed by atoms with Crippen LogP contribution in [-0.4, -0.2) is 36.4 Å². The fraction of sp³-hybridized carbons (Fsp3) is 0.833. The van der Waals surface area contributed by atoms with Crippen molar-refractivity contribution in [1.29, 1.82) is 0 Å². The van der Waals surface area contributed by atoms with Crippen molar-refractivity contribution in [3.63, 3.8) is 0 Å². The van der Waals surface area contributed by atoms with Crippen molar-refractivity contribution >= 4 is 5.97 Å². The molecule has 58 valence electrons. The largest absolute Gasteiger partial charge is 0.479 e. The van der Waals surface area contributed by atoms with E-state index in [0.29, 0.717) is 13.2 Å². The van der Waals surface area contributed by atoms with Gasteiger partial charge in [0.05, 0.1) is 6.61 Å². The number of carbonyl (C=O) groups is 1. The van der Waals surface area contributed by atoms with E-state index in [1.165, 1.54) is 0 Å². The number of carboxylic acid groups (broad SMARTS) is 1. The Hall–Kier alpha value is -0.610. The fourth-order valence-electron chi connectivity index (χ4n) is 0.845. The van der Waals surface area contributed by atoms with E-state index in [0.717, 1.165) is 0 Å². The lowest BCUT2D eigenvalue weighted by molar-refractivity contribution is -0.152. The van der Waals surface area contributed by atoms with Gasteiger partial charge in [-0.1, -0.05) is 0 Å². The third-order valence-electron chi connectivity index (χ3n) is 1.47. The lowest BCUT2D eigenvalue weighted by atomic mass is 10.2. The summed E-state index contributed by atoms with van der Waals surface area (Å²) in [5.74, 6) is -0.889. The zero-order valence-corrected chi connectivity index (χ0v) is 5.83. The Labute approximate surface area is 59.2 Å². The van der Waals surface area contributed by atoms with E-state index in [1.54, 1.807) is 0 Å². The summed E-state index contributed by atoms with van der Waals surface area (Å²) in [6.07, 6.45) is -0.656. The zero-order valence-electron chi connectivity index (χ0n) is 5.83. The molecule has 0 radical (unpaired) electrons. The first-order valence-corrected chi connectivity index (χ1v) is 3.28. The van der Waals surface area contributed by atoms with Gasteiger partial charge in [0, 0.05) is 12.6 Å². The van der Waals surface area contributed by atoms with Gasteiger partial charge < -0.3 is 15.2 Å². The van der Waals surface area contributed by atoms with E-state index in [-0.39, 0.29) is 6.04 Å². The van der Waals surface area contributed by atoms with Gasteiger partial charge in [-0.15, -0.1) is 0 Å². The maximum absolute atomic E-state index is 10.3. The van der Waals surface area contributed by atoms with Crippen LogP contribution in [-0.2, 0) is 9.53 Å². The van der Waals surface area contributed by atoms with Crippen LogP contribution in [0.15, 0.2) is 0 Å². The highest BCUT2D eigenvalue weighted by Gasteiger charge is 2.23. The van der Waals surface area contributed by atoms with Gasteiger partial charge in [0.1, 0.15) is 0 Å². The summed E-state index contributed by atoms with van der Waals surface area (Å²) < 4.78 is 4.99. The SMILES string of the molecule is CC1COC(C(=O)O)CN1. The molecule has 2 N–H and O–H groups in total. The molecule has 0 aliphatic carbocycles. The molecule has 0 aromatic carbocycles. The highest BCUT2D eigenvalue weighted by Crippen LogP contribution is 1.99. The highest BCUT2D eigenvalue weighted by molar-refractivity contribution is 5.72. The highest BCUT2D eigenvalue weighted by atomic mass is 16.5. The van der Waals surface area contributed by atoms with Crippen LogP contribution in [0, 0.1) is 0 Å². The molecule has 2 atom stereocenters. The molecule has 1 fully saturated rings. The molecule has 1 aliphatic rings. The Morgan fingerprint density at radius 2 is 2.50 bits per heavy atom. The van der Waals surface area contributed by atoms with E-state index >= 15 is 0 Å². The quantitative estimate of drug-likeness (QED) is 0.519. The first-order valence-electron chi connectivity index (χ1n) is 3.28. The lowest BCUT2D eigenvalue weighted by Gasteiger charge is -2.25. The summed E-state index contributed by atoms with van der Waals surface area (Å²) in [5, 5.41) is 11.5. The van der Waals surface area contributed by atoms with Crippen molar-refractivity contribution in [2.45, 2.75) is 19.1 Å². The molecule has 1 aliphatic heterocycles. The number of hydrogen-bond acceptors (Lipinski definition) is 3. The maximum Gasteiger partial charge on any atom is 0.334 e. The summed E-state index contributed by atoms with van der Waals surface area (Å²) >= 11 is 0. The Morgan fingerprint density at radius 3 is 2.90 bits per heavy atom. The van der Waals surface area contributed by atoms with Crippen LogP contribution >= 0.6 is 0 Å². The number of nitrogens with one attached hydrogen (secondary N) is 1. The minimum atomic E-state index is -0.889. The smallest absolute Gasteiger partial charge is 0.334 e. The minimum absolute atomic E-state index is 0.274. The Kier molecular flexibility index (Phi) is 2.24. The Balaban J connectivity index is 2.33. The van der Waals surface area contributed by atoms with Gasteiger partial charge in [-0.3, -0.25) is 0 Å². The first kappa shape index (κ1) is 7.50. The van der Waals surface area contributed by atoms with Crippen molar-refractivity contribution in [3.8, 4) is 0 Å². The zero-order chi connectivity index (χ0) is 7.56. The summed E-state index contributed by atoms with van der Waals surface area (Å²) in [7, 11) is 0. The third-order valence-corrected chi connectivity index (χ3v) is 1.47. The van der Waals surface area contributed by atoms with E-state index in [4.69, 9.17) is 9.84 Å². The molecule has 0 aromatic heterocycles. The van der Waals surface area contributed by atoms with Crippen LogP contribution in [0.3, 0.4) is 0 Å². The van der Waals surface area contributed by atoms with Gasteiger partial charge in [0.25, 0.3) is 0 Å². The second-order valence-electron chi connectivity index (χ2n) is 2.47. The molecule has 1 heterocycles. The Morgan fingerprint density at radius 1 is 1.80 bits per heavy atom. The van der Waals surface area contributed by atoms with Gasteiger partial charge in [0.15, 0.2) is 6.10 Å². The van der Waals surface area contributed by atoms with E-state index in [1.807, 2.05) is 6.92 Å². The number of aliphatic carboxylic acids is 1. The topological polar surface area (TPSA) is 58.6 Å². The summed E-state index contributed by atoms with van der Waals surface area (Å²) in [6.45, 7) is 2.85. The molecule has 0 spiro atoms.